The molecule has 2 atom stereocenters. The molecule has 2 aromatic rings. The third-order valence-corrected chi connectivity index (χ3v) is 4.98. The number of nitrogens with two attached hydrogens (primary N) is 1. The van der Waals surface area contributed by atoms with Crippen LogP contribution < -0.4 is 5.73 Å². The predicted octanol–water partition coefficient (Wildman–Crippen LogP) is 1.82. The van der Waals surface area contributed by atoms with Crippen molar-refractivity contribution in [3.05, 3.63) is 29.3 Å². The number of rotatable bonds is 2. The van der Waals surface area contributed by atoms with E-state index in [2.05, 4.69) is 23.0 Å². The van der Waals surface area contributed by atoms with Crippen molar-refractivity contribution in [3.8, 4) is 0 Å². The highest BCUT2D eigenvalue weighted by Gasteiger charge is 2.34. The van der Waals surface area contributed by atoms with Gasteiger partial charge in [-0.15, -0.1) is 11.3 Å². The van der Waals surface area contributed by atoms with Gasteiger partial charge in [-0.1, -0.05) is 12.1 Å². The number of aromatic nitrogens is 1. The van der Waals surface area contributed by atoms with E-state index in [-0.39, 0.29) is 17.7 Å². The monoisotopic (exact) mass is 275 g/mol. The maximum atomic E-state index is 11.6. The Hall–Kier alpha value is -1.46. The first kappa shape index (κ1) is 12.6. The van der Waals surface area contributed by atoms with Crippen LogP contribution in [0.4, 0.5) is 0 Å². The van der Waals surface area contributed by atoms with Crippen LogP contribution in [0.15, 0.2) is 24.3 Å². The molecule has 2 N–H and O–H groups in total. The number of fused-ring (bicyclic) bond motifs is 1. The molecule has 19 heavy (non-hydrogen) atoms. The second-order valence-corrected chi connectivity index (χ2v) is 6.25. The number of likely N-dealkylation sites (N-methyl/N-ethyl adjacent to an activating group) is 1. The summed E-state index contributed by atoms with van der Waals surface area (Å²) in [5, 5.41) is 1.04. The highest BCUT2D eigenvalue weighted by molar-refractivity contribution is 7.18. The molecule has 0 spiro atoms. The number of nitrogens with zero attached hydrogens (tertiary/aromatic N) is 2. The highest BCUT2D eigenvalue weighted by atomic mass is 32.1. The van der Waals surface area contributed by atoms with Crippen LogP contribution >= 0.6 is 11.3 Å². The number of carbonyl (C=O) groups excluding carboxylic acids is 1. The van der Waals surface area contributed by atoms with E-state index in [9.17, 15) is 4.79 Å². The van der Waals surface area contributed by atoms with E-state index in [0.717, 1.165) is 30.0 Å². The summed E-state index contributed by atoms with van der Waals surface area (Å²) in [4.78, 5) is 18.6. The molecule has 4 nitrogen and oxygen atoms in total. The van der Waals surface area contributed by atoms with Gasteiger partial charge in [0.2, 0.25) is 5.91 Å². The van der Waals surface area contributed by atoms with Crippen LogP contribution in [0.2, 0.25) is 0 Å². The van der Waals surface area contributed by atoms with E-state index in [0.29, 0.717) is 0 Å². The number of primary amides is 1. The van der Waals surface area contributed by atoms with E-state index < -0.39 is 0 Å². The first-order chi connectivity index (χ1) is 9.15. The van der Waals surface area contributed by atoms with Crippen LogP contribution in [-0.2, 0) is 4.79 Å². The summed E-state index contributed by atoms with van der Waals surface area (Å²) in [6, 6.07) is 8.09. The Morgan fingerprint density at radius 3 is 3.00 bits per heavy atom. The number of piperidine rings is 1. The smallest absolute Gasteiger partial charge is 0.221 e. The zero-order valence-corrected chi connectivity index (χ0v) is 11.7. The molecule has 0 aliphatic carbocycles. The van der Waals surface area contributed by atoms with E-state index in [1.54, 1.807) is 11.3 Å². The maximum Gasteiger partial charge on any atom is 0.221 e. The molecule has 1 aliphatic rings. The summed E-state index contributed by atoms with van der Waals surface area (Å²) in [6.07, 6.45) is 0.826. The van der Waals surface area contributed by atoms with Gasteiger partial charge in [0.25, 0.3) is 0 Å². The lowest BCUT2D eigenvalue weighted by molar-refractivity contribution is -0.123. The molecule has 2 unspecified atom stereocenters. The minimum Gasteiger partial charge on any atom is -0.369 e. The average molecular weight is 275 g/mol. The number of carbonyl (C=O) groups is 1. The number of benzene rings is 1. The Balaban J connectivity index is 1.99. The van der Waals surface area contributed by atoms with Crippen LogP contribution in [0.25, 0.3) is 10.2 Å². The Labute approximate surface area is 116 Å². The Morgan fingerprint density at radius 1 is 1.47 bits per heavy atom. The van der Waals surface area contributed by atoms with E-state index in [1.807, 2.05) is 18.2 Å². The second-order valence-electron chi connectivity index (χ2n) is 5.19. The molecule has 0 radical (unpaired) electrons. The normalized spacial score (nSPS) is 24.7. The molecule has 1 amide bonds. The maximum absolute atomic E-state index is 11.6. The van der Waals surface area contributed by atoms with Crippen molar-refractivity contribution in [2.75, 3.05) is 20.1 Å². The first-order valence-electron chi connectivity index (χ1n) is 6.48. The quantitative estimate of drug-likeness (QED) is 0.909. The number of hydrogen-bond acceptors (Lipinski definition) is 4. The predicted molar refractivity (Wildman–Crippen MR) is 77.2 cm³/mol. The number of hydrogen-bond donors (Lipinski definition) is 1. The van der Waals surface area contributed by atoms with Gasteiger partial charge in [0.15, 0.2) is 0 Å². The molecule has 0 bridgehead atoms. The van der Waals surface area contributed by atoms with Gasteiger partial charge in [-0.25, -0.2) is 4.98 Å². The second kappa shape index (κ2) is 4.90. The molecule has 3 rings (SSSR count). The van der Waals surface area contributed by atoms with Gasteiger partial charge in [0, 0.05) is 18.4 Å². The van der Waals surface area contributed by atoms with Crippen molar-refractivity contribution >= 4 is 27.5 Å². The third-order valence-electron chi connectivity index (χ3n) is 3.81. The number of likely N-dealkylation sites (tertiary alicyclic amines) is 1. The van der Waals surface area contributed by atoms with E-state index >= 15 is 0 Å². The van der Waals surface area contributed by atoms with Gasteiger partial charge in [-0.2, -0.15) is 0 Å². The number of thiazole rings is 1. The van der Waals surface area contributed by atoms with Crippen molar-refractivity contribution < 1.29 is 4.79 Å². The van der Waals surface area contributed by atoms with Crippen molar-refractivity contribution in [2.45, 2.75) is 12.3 Å². The van der Waals surface area contributed by atoms with E-state index in [1.165, 1.54) is 4.70 Å². The average Bonchev–Trinajstić information content (AvgIpc) is 2.81. The van der Waals surface area contributed by atoms with Crippen LogP contribution in [0.3, 0.4) is 0 Å². The fourth-order valence-corrected chi connectivity index (χ4v) is 3.88. The third kappa shape index (κ3) is 2.35. The fourth-order valence-electron chi connectivity index (χ4n) is 2.75. The molecule has 1 aliphatic heterocycles. The van der Waals surface area contributed by atoms with Crippen molar-refractivity contribution in [1.29, 1.82) is 0 Å². The van der Waals surface area contributed by atoms with Gasteiger partial charge in [-0.05, 0) is 32.1 Å². The minimum atomic E-state index is -0.197. The molecule has 1 saturated heterocycles. The van der Waals surface area contributed by atoms with E-state index in [4.69, 9.17) is 5.73 Å². The molecular weight excluding hydrogens is 258 g/mol. The standard InChI is InChI=1S/C14H17N3OS/c1-17-7-6-9(13(15)18)10(8-17)14-16-11-4-2-3-5-12(11)19-14/h2-5,9-10H,6-8H2,1H3,(H2,15,18). The topological polar surface area (TPSA) is 59.2 Å². The first-order valence-corrected chi connectivity index (χ1v) is 7.30. The fraction of sp³-hybridized carbons (Fsp3) is 0.429. The summed E-state index contributed by atoms with van der Waals surface area (Å²) in [6.45, 7) is 1.78. The van der Waals surface area contributed by atoms with Crippen molar-refractivity contribution in [1.82, 2.24) is 9.88 Å². The Morgan fingerprint density at radius 2 is 2.26 bits per heavy atom. The van der Waals surface area contributed by atoms with Gasteiger partial charge in [0.1, 0.15) is 0 Å². The SMILES string of the molecule is CN1CCC(C(N)=O)C(c2nc3ccccc3s2)C1. The van der Waals surface area contributed by atoms with Crippen molar-refractivity contribution in [3.63, 3.8) is 0 Å². The zero-order valence-electron chi connectivity index (χ0n) is 10.9. The van der Waals surface area contributed by atoms with Crippen LogP contribution in [0.1, 0.15) is 17.3 Å². The summed E-state index contributed by atoms with van der Waals surface area (Å²) >= 11 is 1.68. The van der Waals surface area contributed by atoms with Gasteiger partial charge in [0.05, 0.1) is 15.2 Å². The lowest BCUT2D eigenvalue weighted by atomic mass is 9.85. The highest BCUT2D eigenvalue weighted by Crippen LogP contribution is 2.36. The summed E-state index contributed by atoms with van der Waals surface area (Å²) in [5.41, 5.74) is 6.57. The van der Waals surface area contributed by atoms with Crippen LogP contribution in [-0.4, -0.2) is 35.9 Å². The lowest BCUT2D eigenvalue weighted by Crippen LogP contribution is -2.42. The molecule has 2 heterocycles. The molecule has 1 aromatic carbocycles. The molecule has 0 saturated carbocycles. The summed E-state index contributed by atoms with van der Waals surface area (Å²) in [5.74, 6) is -0.150. The Bertz CT molecular complexity index is 577. The van der Waals surface area contributed by atoms with Crippen LogP contribution in [0, 0.1) is 5.92 Å². The molecule has 1 fully saturated rings. The summed E-state index contributed by atoms with van der Waals surface area (Å²) in [7, 11) is 2.08. The van der Waals surface area contributed by atoms with Gasteiger partial charge >= 0.3 is 0 Å². The van der Waals surface area contributed by atoms with Gasteiger partial charge < -0.3 is 10.6 Å². The van der Waals surface area contributed by atoms with Gasteiger partial charge in [-0.3, -0.25) is 4.79 Å². The number of amides is 1. The molecular formula is C14H17N3OS. The molecule has 1 aromatic heterocycles. The summed E-state index contributed by atoms with van der Waals surface area (Å²) < 4.78 is 1.17. The van der Waals surface area contributed by atoms with Crippen molar-refractivity contribution in [2.24, 2.45) is 11.7 Å². The lowest BCUT2D eigenvalue weighted by Gasteiger charge is -2.33. The molecule has 100 valence electrons. The van der Waals surface area contributed by atoms with Crippen LogP contribution in [0.5, 0.6) is 0 Å². The largest absolute Gasteiger partial charge is 0.369 e. The Kier molecular flexibility index (Phi) is 3.24. The number of para-hydroxylation sites is 1. The molecule has 5 heteroatoms. The zero-order chi connectivity index (χ0) is 13.4. The minimum absolute atomic E-state index is 0.0863.